The van der Waals surface area contributed by atoms with Crippen LogP contribution in [0.1, 0.15) is 15.9 Å². The lowest BCUT2D eigenvalue weighted by atomic mass is 10.2. The molecule has 0 aliphatic rings. The van der Waals surface area contributed by atoms with E-state index in [1.807, 2.05) is 24.3 Å². The maximum atomic E-state index is 11.9. The Kier molecular flexibility index (Phi) is 6.03. The molecule has 0 fully saturated rings. The first-order valence-electron chi connectivity index (χ1n) is 6.49. The van der Waals surface area contributed by atoms with Gasteiger partial charge in [0.1, 0.15) is 0 Å². The van der Waals surface area contributed by atoms with Gasteiger partial charge in [0.2, 0.25) is 5.91 Å². The van der Waals surface area contributed by atoms with Crippen LogP contribution in [-0.2, 0) is 10.5 Å². The first-order valence-corrected chi connectivity index (χ1v) is 8.44. The van der Waals surface area contributed by atoms with Gasteiger partial charge >= 0.3 is 0 Å². The van der Waals surface area contributed by atoms with E-state index in [1.54, 1.807) is 18.2 Å². The van der Waals surface area contributed by atoms with Crippen molar-refractivity contribution in [2.45, 2.75) is 5.75 Å². The van der Waals surface area contributed by atoms with Crippen LogP contribution in [0.5, 0.6) is 0 Å². The highest BCUT2D eigenvalue weighted by molar-refractivity contribution is 9.10. The van der Waals surface area contributed by atoms with Gasteiger partial charge in [-0.15, -0.1) is 11.8 Å². The van der Waals surface area contributed by atoms with Gasteiger partial charge in [-0.25, -0.2) is 0 Å². The number of carbonyl (C=O) groups is 2. The van der Waals surface area contributed by atoms with Crippen LogP contribution in [0.2, 0.25) is 0 Å². The van der Waals surface area contributed by atoms with Crippen molar-refractivity contribution in [3.8, 4) is 0 Å². The van der Waals surface area contributed by atoms with Gasteiger partial charge in [0.25, 0.3) is 0 Å². The van der Waals surface area contributed by atoms with Crippen LogP contribution in [0.4, 0.5) is 5.69 Å². The van der Waals surface area contributed by atoms with Crippen LogP contribution in [-0.4, -0.2) is 17.6 Å². The molecule has 0 spiro atoms. The average molecular weight is 379 g/mol. The molecule has 0 radical (unpaired) electrons. The van der Waals surface area contributed by atoms with Crippen LogP contribution in [0.25, 0.3) is 0 Å². The van der Waals surface area contributed by atoms with Gasteiger partial charge < -0.3 is 15.2 Å². The van der Waals surface area contributed by atoms with E-state index in [0.717, 1.165) is 10.0 Å². The van der Waals surface area contributed by atoms with Crippen LogP contribution < -0.4 is 10.4 Å². The summed E-state index contributed by atoms with van der Waals surface area (Å²) in [5.41, 5.74) is 1.34. The Morgan fingerprint density at radius 3 is 2.50 bits per heavy atom. The van der Waals surface area contributed by atoms with E-state index >= 15 is 0 Å². The van der Waals surface area contributed by atoms with Crippen molar-refractivity contribution in [1.29, 1.82) is 0 Å². The fourth-order valence-corrected chi connectivity index (χ4v) is 3.27. The fourth-order valence-electron chi connectivity index (χ4n) is 1.83. The molecule has 0 unspecified atom stereocenters. The van der Waals surface area contributed by atoms with Crippen molar-refractivity contribution in [2.24, 2.45) is 0 Å². The molecule has 4 nitrogen and oxygen atoms in total. The molecule has 22 heavy (non-hydrogen) atoms. The number of hydrogen-bond acceptors (Lipinski definition) is 4. The number of anilines is 1. The molecular weight excluding hydrogens is 366 g/mol. The zero-order chi connectivity index (χ0) is 15.9. The van der Waals surface area contributed by atoms with Gasteiger partial charge in [-0.3, -0.25) is 4.79 Å². The minimum atomic E-state index is -1.31. The van der Waals surface area contributed by atoms with Gasteiger partial charge in [-0.1, -0.05) is 52.3 Å². The van der Waals surface area contributed by atoms with Gasteiger partial charge in [0.05, 0.1) is 11.7 Å². The average Bonchev–Trinajstić information content (AvgIpc) is 2.49. The Morgan fingerprint density at radius 1 is 1.09 bits per heavy atom. The largest absolute Gasteiger partial charge is 0.545 e. The number of benzene rings is 2. The molecule has 0 aliphatic heterocycles. The number of hydrogen-bond donors (Lipinski definition) is 1. The summed E-state index contributed by atoms with van der Waals surface area (Å²) in [6, 6.07) is 14.0. The van der Waals surface area contributed by atoms with Crippen molar-refractivity contribution in [3.05, 3.63) is 64.1 Å². The molecule has 6 heteroatoms. The molecule has 0 aliphatic carbocycles. The summed E-state index contributed by atoms with van der Waals surface area (Å²) in [7, 11) is 0. The molecule has 2 aromatic carbocycles. The Morgan fingerprint density at radius 2 is 1.77 bits per heavy atom. The lowest BCUT2D eigenvalue weighted by Gasteiger charge is -2.11. The molecule has 0 saturated heterocycles. The number of carboxylic acid groups (broad SMARTS) is 1. The second-order valence-corrected chi connectivity index (χ2v) is 6.31. The molecule has 0 saturated carbocycles. The first-order chi connectivity index (χ1) is 10.6. The Balaban J connectivity index is 1.89. The number of rotatable bonds is 6. The van der Waals surface area contributed by atoms with Gasteiger partial charge in [-0.05, 0) is 17.7 Å². The Hall–Kier alpha value is -1.79. The summed E-state index contributed by atoms with van der Waals surface area (Å²) in [5, 5.41) is 13.6. The van der Waals surface area contributed by atoms with Crippen LogP contribution >= 0.6 is 27.7 Å². The summed E-state index contributed by atoms with van der Waals surface area (Å²) in [6.07, 6.45) is 0. The van der Waals surface area contributed by atoms with Crippen molar-refractivity contribution in [2.75, 3.05) is 11.1 Å². The highest BCUT2D eigenvalue weighted by Gasteiger charge is 2.08. The topological polar surface area (TPSA) is 69.2 Å². The molecule has 0 heterocycles. The molecule has 114 valence electrons. The SMILES string of the molecule is O=C(CSCc1ccccc1Br)Nc1ccccc1C(=O)[O-]. The maximum absolute atomic E-state index is 11.9. The van der Waals surface area contributed by atoms with E-state index < -0.39 is 5.97 Å². The number of carboxylic acids is 1. The van der Waals surface area contributed by atoms with Crippen molar-refractivity contribution >= 4 is 45.3 Å². The van der Waals surface area contributed by atoms with Crippen LogP contribution in [0, 0.1) is 0 Å². The monoisotopic (exact) mass is 378 g/mol. The fraction of sp³-hybridized carbons (Fsp3) is 0.125. The van der Waals surface area contributed by atoms with Crippen molar-refractivity contribution < 1.29 is 14.7 Å². The predicted molar refractivity (Wildman–Crippen MR) is 89.7 cm³/mol. The smallest absolute Gasteiger partial charge is 0.234 e. The summed E-state index contributed by atoms with van der Waals surface area (Å²) < 4.78 is 1.00. The zero-order valence-electron chi connectivity index (χ0n) is 11.5. The summed E-state index contributed by atoms with van der Waals surface area (Å²) in [6.45, 7) is 0. The van der Waals surface area contributed by atoms with Crippen LogP contribution in [0.3, 0.4) is 0 Å². The number of carbonyl (C=O) groups excluding carboxylic acids is 2. The zero-order valence-corrected chi connectivity index (χ0v) is 13.9. The van der Waals surface area contributed by atoms with Gasteiger partial charge in [0.15, 0.2) is 0 Å². The highest BCUT2D eigenvalue weighted by Crippen LogP contribution is 2.21. The molecule has 0 bridgehead atoms. The highest BCUT2D eigenvalue weighted by atomic mass is 79.9. The first kappa shape index (κ1) is 16.6. The molecule has 2 aromatic rings. The van der Waals surface area contributed by atoms with E-state index in [0.29, 0.717) is 5.75 Å². The molecule has 2 rings (SSSR count). The summed E-state index contributed by atoms with van der Waals surface area (Å²) in [4.78, 5) is 22.9. The second kappa shape index (κ2) is 8.00. The van der Waals surface area contributed by atoms with Gasteiger partial charge in [0, 0.05) is 21.5 Å². The Labute approximate surface area is 141 Å². The van der Waals surface area contributed by atoms with E-state index in [4.69, 9.17) is 0 Å². The van der Waals surface area contributed by atoms with Crippen molar-refractivity contribution in [1.82, 2.24) is 0 Å². The second-order valence-electron chi connectivity index (χ2n) is 4.47. The van der Waals surface area contributed by atoms with Gasteiger partial charge in [-0.2, -0.15) is 0 Å². The minimum Gasteiger partial charge on any atom is -0.545 e. The maximum Gasteiger partial charge on any atom is 0.234 e. The number of aromatic carboxylic acids is 1. The third-order valence-electron chi connectivity index (χ3n) is 2.87. The van der Waals surface area contributed by atoms with E-state index in [2.05, 4.69) is 21.2 Å². The van der Waals surface area contributed by atoms with Crippen molar-refractivity contribution in [3.63, 3.8) is 0 Å². The molecule has 1 amide bonds. The lowest BCUT2D eigenvalue weighted by molar-refractivity contribution is -0.254. The molecule has 0 atom stereocenters. The number of amides is 1. The van der Waals surface area contributed by atoms with Crippen LogP contribution in [0.15, 0.2) is 53.0 Å². The third kappa shape index (κ3) is 4.61. The molecule has 1 N–H and O–H groups in total. The predicted octanol–water partition coefficient (Wildman–Crippen LogP) is 2.68. The third-order valence-corrected chi connectivity index (χ3v) is 4.62. The summed E-state index contributed by atoms with van der Waals surface area (Å²) >= 11 is 4.91. The number of halogens is 1. The van der Waals surface area contributed by atoms with E-state index in [-0.39, 0.29) is 22.9 Å². The number of thioether (sulfide) groups is 1. The summed E-state index contributed by atoms with van der Waals surface area (Å²) in [5.74, 6) is -0.623. The number of nitrogens with one attached hydrogen (secondary N) is 1. The quantitative estimate of drug-likeness (QED) is 0.838. The minimum absolute atomic E-state index is 0.0216. The van der Waals surface area contributed by atoms with E-state index in [9.17, 15) is 14.7 Å². The normalized spacial score (nSPS) is 10.2. The molecule has 0 aromatic heterocycles. The number of para-hydroxylation sites is 1. The molecular formula is C16H13BrNO3S-. The Bertz CT molecular complexity index is 691. The lowest BCUT2D eigenvalue weighted by Crippen LogP contribution is -2.25. The van der Waals surface area contributed by atoms with E-state index in [1.165, 1.54) is 17.8 Å². The standard InChI is InChI=1S/C16H14BrNO3S/c17-13-7-3-1-5-11(13)9-22-10-15(19)18-14-8-4-2-6-12(14)16(20)21/h1-8H,9-10H2,(H,18,19)(H,20,21)/p-1.